The van der Waals surface area contributed by atoms with Gasteiger partial charge in [-0.3, -0.25) is 4.68 Å². The quantitative estimate of drug-likeness (QED) is 0.847. The van der Waals surface area contributed by atoms with Crippen molar-refractivity contribution < 1.29 is 0 Å². The first kappa shape index (κ1) is 12.6. The van der Waals surface area contributed by atoms with Gasteiger partial charge in [0.15, 0.2) is 0 Å². The van der Waals surface area contributed by atoms with Crippen molar-refractivity contribution in [1.82, 2.24) is 15.1 Å². The Morgan fingerprint density at radius 3 is 2.65 bits per heavy atom. The highest BCUT2D eigenvalue weighted by atomic mass is 15.3. The van der Waals surface area contributed by atoms with E-state index in [9.17, 15) is 0 Å². The Hall–Kier alpha value is -0.830. The number of nitrogens with one attached hydrogen (secondary N) is 1. The van der Waals surface area contributed by atoms with Crippen LogP contribution in [0.2, 0.25) is 0 Å². The summed E-state index contributed by atoms with van der Waals surface area (Å²) < 4.78 is 2.04. The molecule has 1 heterocycles. The average molecular weight is 235 g/mol. The van der Waals surface area contributed by atoms with Gasteiger partial charge in [0.2, 0.25) is 0 Å². The minimum absolute atomic E-state index is 0.528. The second-order valence-corrected chi connectivity index (χ2v) is 6.00. The SMILES string of the molecule is CCc1cc(CC(NC)C2CC2(C)C)n(C)n1. The van der Waals surface area contributed by atoms with Crippen LogP contribution >= 0.6 is 0 Å². The van der Waals surface area contributed by atoms with Gasteiger partial charge in [-0.2, -0.15) is 5.10 Å². The van der Waals surface area contributed by atoms with Gasteiger partial charge in [-0.05, 0) is 37.3 Å². The fraction of sp³-hybridized carbons (Fsp3) is 0.786. The van der Waals surface area contributed by atoms with Crippen LogP contribution in [0.5, 0.6) is 0 Å². The molecule has 3 nitrogen and oxygen atoms in total. The summed E-state index contributed by atoms with van der Waals surface area (Å²) in [5.41, 5.74) is 3.08. The lowest BCUT2D eigenvalue weighted by molar-refractivity contribution is 0.418. The molecule has 1 aromatic rings. The number of likely N-dealkylation sites (N-methyl/N-ethyl adjacent to an activating group) is 1. The predicted molar refractivity (Wildman–Crippen MR) is 71.0 cm³/mol. The Balaban J connectivity index is 2.05. The summed E-state index contributed by atoms with van der Waals surface area (Å²) in [4.78, 5) is 0. The van der Waals surface area contributed by atoms with Gasteiger partial charge in [0.1, 0.15) is 0 Å². The molecule has 3 heteroatoms. The standard InChI is InChI=1S/C14H25N3/c1-6-10-7-11(17(5)16-10)8-13(15-4)12-9-14(12,2)3/h7,12-13,15H,6,8-9H2,1-5H3. The van der Waals surface area contributed by atoms with Gasteiger partial charge >= 0.3 is 0 Å². The monoisotopic (exact) mass is 235 g/mol. The molecule has 1 fully saturated rings. The summed E-state index contributed by atoms with van der Waals surface area (Å²) >= 11 is 0. The van der Waals surface area contributed by atoms with Gasteiger partial charge in [0, 0.05) is 25.2 Å². The molecule has 1 aliphatic rings. The molecule has 1 N–H and O–H groups in total. The molecule has 1 aliphatic carbocycles. The van der Waals surface area contributed by atoms with Crippen LogP contribution in [0.3, 0.4) is 0 Å². The first-order valence-electron chi connectivity index (χ1n) is 6.67. The van der Waals surface area contributed by atoms with Crippen molar-refractivity contribution >= 4 is 0 Å². The molecule has 2 unspecified atom stereocenters. The Labute approximate surface area is 105 Å². The summed E-state index contributed by atoms with van der Waals surface area (Å²) in [6, 6.07) is 2.84. The van der Waals surface area contributed by atoms with Crippen LogP contribution in [-0.2, 0) is 19.9 Å². The lowest BCUT2D eigenvalue weighted by Crippen LogP contribution is -2.32. The molecule has 0 radical (unpaired) electrons. The van der Waals surface area contributed by atoms with Gasteiger partial charge < -0.3 is 5.32 Å². The van der Waals surface area contributed by atoms with E-state index in [1.807, 2.05) is 4.68 Å². The number of hydrogen-bond acceptors (Lipinski definition) is 2. The van der Waals surface area contributed by atoms with Crippen molar-refractivity contribution in [2.24, 2.45) is 18.4 Å². The Morgan fingerprint density at radius 2 is 2.24 bits per heavy atom. The fourth-order valence-electron chi connectivity index (χ4n) is 2.80. The van der Waals surface area contributed by atoms with E-state index < -0.39 is 0 Å². The van der Waals surface area contributed by atoms with Gasteiger partial charge in [0.05, 0.1) is 5.69 Å². The van der Waals surface area contributed by atoms with Crippen molar-refractivity contribution in [2.45, 2.75) is 46.1 Å². The van der Waals surface area contributed by atoms with Crippen molar-refractivity contribution in [3.05, 3.63) is 17.5 Å². The maximum Gasteiger partial charge on any atom is 0.0624 e. The van der Waals surface area contributed by atoms with Gasteiger partial charge in [-0.25, -0.2) is 0 Å². The zero-order valence-corrected chi connectivity index (χ0v) is 11.7. The maximum atomic E-state index is 4.52. The molecule has 0 aliphatic heterocycles. The fourth-order valence-corrected chi connectivity index (χ4v) is 2.80. The molecule has 1 aromatic heterocycles. The highest BCUT2D eigenvalue weighted by molar-refractivity contribution is 5.14. The molecule has 2 atom stereocenters. The van der Waals surface area contributed by atoms with Crippen LogP contribution in [0.4, 0.5) is 0 Å². The normalized spacial score (nSPS) is 23.7. The molecule has 96 valence electrons. The summed E-state index contributed by atoms with van der Waals surface area (Å²) in [6.07, 6.45) is 3.46. The van der Waals surface area contributed by atoms with Crippen molar-refractivity contribution in [3.8, 4) is 0 Å². The van der Waals surface area contributed by atoms with Crippen molar-refractivity contribution in [2.75, 3.05) is 7.05 Å². The highest BCUT2D eigenvalue weighted by Crippen LogP contribution is 2.53. The van der Waals surface area contributed by atoms with E-state index in [2.05, 4.69) is 51.3 Å². The summed E-state index contributed by atoms with van der Waals surface area (Å²) in [6.45, 7) is 6.89. The van der Waals surface area contributed by atoms with E-state index in [0.717, 1.165) is 18.8 Å². The van der Waals surface area contributed by atoms with Gasteiger partial charge in [0.25, 0.3) is 0 Å². The second kappa shape index (κ2) is 4.45. The van der Waals surface area contributed by atoms with Crippen LogP contribution in [0.1, 0.15) is 38.6 Å². The molecule has 0 aromatic carbocycles. The first-order chi connectivity index (χ1) is 7.97. The van der Waals surface area contributed by atoms with Crippen LogP contribution in [0.15, 0.2) is 6.07 Å². The molecule has 0 bridgehead atoms. The Bertz CT molecular complexity index is 392. The maximum absolute atomic E-state index is 4.52. The van der Waals surface area contributed by atoms with E-state index in [1.54, 1.807) is 0 Å². The highest BCUT2D eigenvalue weighted by Gasteiger charge is 2.49. The van der Waals surface area contributed by atoms with E-state index in [0.29, 0.717) is 11.5 Å². The Morgan fingerprint density at radius 1 is 1.59 bits per heavy atom. The zero-order valence-electron chi connectivity index (χ0n) is 11.7. The van der Waals surface area contributed by atoms with Gasteiger partial charge in [-0.15, -0.1) is 0 Å². The van der Waals surface area contributed by atoms with E-state index in [4.69, 9.17) is 0 Å². The minimum atomic E-state index is 0.528. The number of hydrogen-bond donors (Lipinski definition) is 1. The molecular weight excluding hydrogens is 210 g/mol. The topological polar surface area (TPSA) is 29.9 Å². The number of aryl methyl sites for hydroxylation is 2. The predicted octanol–water partition coefficient (Wildman–Crippen LogP) is 2.16. The zero-order chi connectivity index (χ0) is 12.6. The number of rotatable bonds is 5. The van der Waals surface area contributed by atoms with Gasteiger partial charge in [-0.1, -0.05) is 20.8 Å². The summed E-state index contributed by atoms with van der Waals surface area (Å²) in [5.74, 6) is 0.812. The van der Waals surface area contributed by atoms with Crippen LogP contribution in [-0.4, -0.2) is 22.9 Å². The van der Waals surface area contributed by atoms with Crippen LogP contribution in [0.25, 0.3) is 0 Å². The molecule has 17 heavy (non-hydrogen) atoms. The molecule has 0 amide bonds. The minimum Gasteiger partial charge on any atom is -0.316 e. The average Bonchev–Trinajstić information content (AvgIpc) is 2.76. The lowest BCUT2D eigenvalue weighted by Gasteiger charge is -2.17. The molecular formula is C14H25N3. The first-order valence-corrected chi connectivity index (χ1v) is 6.67. The van der Waals surface area contributed by atoms with E-state index >= 15 is 0 Å². The van der Waals surface area contributed by atoms with Crippen molar-refractivity contribution in [1.29, 1.82) is 0 Å². The summed E-state index contributed by atoms with van der Waals surface area (Å²) in [5, 5.41) is 8.00. The third kappa shape index (κ3) is 2.54. The third-order valence-electron chi connectivity index (χ3n) is 4.26. The van der Waals surface area contributed by atoms with Crippen LogP contribution in [0, 0.1) is 11.3 Å². The Kier molecular flexibility index (Phi) is 3.30. The molecule has 1 saturated carbocycles. The lowest BCUT2D eigenvalue weighted by atomic mass is 10.00. The third-order valence-corrected chi connectivity index (χ3v) is 4.26. The van der Waals surface area contributed by atoms with Crippen LogP contribution < -0.4 is 5.32 Å². The largest absolute Gasteiger partial charge is 0.316 e. The summed E-state index contributed by atoms with van der Waals surface area (Å²) in [7, 11) is 4.13. The van der Waals surface area contributed by atoms with Crippen molar-refractivity contribution in [3.63, 3.8) is 0 Å². The number of nitrogens with zero attached hydrogens (tertiary/aromatic N) is 2. The van der Waals surface area contributed by atoms with E-state index in [1.165, 1.54) is 17.8 Å². The smallest absolute Gasteiger partial charge is 0.0624 e. The molecule has 2 rings (SSSR count). The molecule has 0 saturated heterocycles. The van der Waals surface area contributed by atoms with E-state index in [-0.39, 0.29) is 0 Å². The second-order valence-electron chi connectivity index (χ2n) is 6.00. The molecule has 0 spiro atoms. The number of aromatic nitrogens is 2.